The number of hydrogen-bond donors (Lipinski definition) is 1. The van der Waals surface area contributed by atoms with E-state index in [1.807, 2.05) is 24.3 Å². The molecule has 0 saturated carbocycles. The molecule has 1 saturated heterocycles. The fourth-order valence-corrected chi connectivity index (χ4v) is 4.56. The van der Waals surface area contributed by atoms with Crippen molar-refractivity contribution >= 4 is 35.0 Å². The molecule has 0 radical (unpaired) electrons. The lowest BCUT2D eigenvalue weighted by molar-refractivity contribution is -0.136. The van der Waals surface area contributed by atoms with Gasteiger partial charge in [0, 0.05) is 37.5 Å². The molecule has 4 rings (SSSR count). The lowest BCUT2D eigenvalue weighted by atomic mass is 10.2. The molecule has 0 aliphatic carbocycles. The van der Waals surface area contributed by atoms with Gasteiger partial charge in [0.1, 0.15) is 0 Å². The average molecular weight is 514 g/mol. The van der Waals surface area contributed by atoms with E-state index < -0.39 is 0 Å². The summed E-state index contributed by atoms with van der Waals surface area (Å²) in [7, 11) is 0. The van der Waals surface area contributed by atoms with Crippen LogP contribution in [0.1, 0.15) is 44.9 Å². The first-order chi connectivity index (χ1) is 17.5. The molecule has 2 aromatic carbocycles. The van der Waals surface area contributed by atoms with Crippen LogP contribution in [0.5, 0.6) is 17.2 Å². The van der Waals surface area contributed by atoms with E-state index in [0.717, 1.165) is 32.1 Å². The van der Waals surface area contributed by atoms with Crippen LogP contribution < -0.4 is 14.8 Å². The molecule has 9 heteroatoms. The van der Waals surface area contributed by atoms with Crippen molar-refractivity contribution < 1.29 is 23.9 Å². The molecule has 2 aliphatic heterocycles. The Hall–Kier alpha value is -3.26. The fraction of sp³-hybridized carbons (Fsp3) is 0.444. The second-order valence-corrected chi connectivity index (χ2v) is 9.49. The smallest absolute Gasteiger partial charge is 0.244 e. The van der Waals surface area contributed by atoms with Crippen molar-refractivity contribution in [2.24, 2.45) is 0 Å². The normalized spacial score (nSPS) is 17.5. The highest BCUT2D eigenvalue weighted by atomic mass is 35.5. The number of benzene rings is 2. The van der Waals surface area contributed by atoms with Crippen molar-refractivity contribution in [1.82, 2.24) is 9.80 Å². The van der Waals surface area contributed by atoms with Gasteiger partial charge in [-0.2, -0.15) is 0 Å². The van der Waals surface area contributed by atoms with Crippen LogP contribution in [-0.2, 0) is 14.4 Å². The molecule has 0 unspecified atom stereocenters. The van der Waals surface area contributed by atoms with Crippen molar-refractivity contribution in [3.63, 3.8) is 0 Å². The summed E-state index contributed by atoms with van der Waals surface area (Å²) in [5.41, 5.74) is 0.407. The van der Waals surface area contributed by atoms with E-state index in [4.69, 9.17) is 21.1 Å². The first-order valence-electron chi connectivity index (χ1n) is 12.5. The van der Waals surface area contributed by atoms with E-state index in [-0.39, 0.29) is 30.7 Å². The zero-order valence-electron chi connectivity index (χ0n) is 20.3. The molecule has 2 aliphatic rings. The number of para-hydroxylation sites is 2. The van der Waals surface area contributed by atoms with Gasteiger partial charge in [0.2, 0.25) is 17.7 Å². The molecule has 2 heterocycles. The van der Waals surface area contributed by atoms with Crippen LogP contribution in [0.2, 0.25) is 5.02 Å². The van der Waals surface area contributed by atoms with Gasteiger partial charge in [0.15, 0.2) is 17.2 Å². The average Bonchev–Trinajstić information content (AvgIpc) is 3.27. The largest absolute Gasteiger partial charge is 0.490 e. The predicted molar refractivity (Wildman–Crippen MR) is 138 cm³/mol. The first-order valence-corrected chi connectivity index (χ1v) is 12.9. The summed E-state index contributed by atoms with van der Waals surface area (Å²) in [6.07, 6.45) is 5.08. The molecular weight excluding hydrogens is 482 g/mol. The van der Waals surface area contributed by atoms with Gasteiger partial charge in [-0.05, 0) is 49.6 Å². The van der Waals surface area contributed by atoms with Crippen LogP contribution in [-0.4, -0.2) is 60.3 Å². The highest BCUT2D eigenvalue weighted by Crippen LogP contribution is 2.36. The number of ether oxygens (including phenoxy) is 2. The lowest BCUT2D eigenvalue weighted by Gasteiger charge is -2.24. The Kier molecular flexibility index (Phi) is 9.06. The van der Waals surface area contributed by atoms with Gasteiger partial charge in [0.25, 0.3) is 0 Å². The molecule has 36 heavy (non-hydrogen) atoms. The molecule has 2 aromatic rings. The van der Waals surface area contributed by atoms with E-state index in [1.165, 1.54) is 0 Å². The molecule has 0 aromatic heterocycles. The van der Waals surface area contributed by atoms with Gasteiger partial charge >= 0.3 is 0 Å². The van der Waals surface area contributed by atoms with Crippen LogP contribution in [0.4, 0.5) is 5.69 Å². The number of carbonyl (C=O) groups is 3. The molecule has 192 valence electrons. The molecule has 0 bridgehead atoms. The zero-order valence-corrected chi connectivity index (χ0v) is 21.1. The number of hydrogen-bond acceptors (Lipinski definition) is 5. The Morgan fingerprint density at radius 3 is 2.56 bits per heavy atom. The second kappa shape index (κ2) is 12.6. The minimum atomic E-state index is -0.343. The van der Waals surface area contributed by atoms with Crippen molar-refractivity contribution in [2.45, 2.75) is 44.9 Å². The minimum Gasteiger partial charge on any atom is -0.490 e. The number of nitrogens with zero attached hydrogens (tertiary/aromatic N) is 2. The number of nitrogens with one attached hydrogen (secondary N) is 1. The van der Waals surface area contributed by atoms with Gasteiger partial charge in [-0.3, -0.25) is 14.4 Å². The van der Waals surface area contributed by atoms with Crippen LogP contribution in [0.25, 0.3) is 0 Å². The highest BCUT2D eigenvalue weighted by Gasteiger charge is 2.23. The monoisotopic (exact) mass is 513 g/mol. The predicted octanol–water partition coefficient (Wildman–Crippen LogP) is 4.86. The van der Waals surface area contributed by atoms with Gasteiger partial charge in [0.05, 0.1) is 18.8 Å². The van der Waals surface area contributed by atoms with Crippen LogP contribution in [0.3, 0.4) is 0 Å². The lowest BCUT2D eigenvalue weighted by Crippen LogP contribution is -2.40. The molecule has 8 nitrogen and oxygen atoms in total. The van der Waals surface area contributed by atoms with E-state index >= 15 is 0 Å². The van der Waals surface area contributed by atoms with Crippen LogP contribution in [0, 0.1) is 0 Å². The summed E-state index contributed by atoms with van der Waals surface area (Å²) in [6.45, 7) is 2.02. The Labute approximate surface area is 216 Å². The topological polar surface area (TPSA) is 88.2 Å². The summed E-state index contributed by atoms with van der Waals surface area (Å²) in [6, 6.07) is 12.4. The molecule has 0 atom stereocenters. The van der Waals surface area contributed by atoms with Gasteiger partial charge in [-0.25, -0.2) is 0 Å². The van der Waals surface area contributed by atoms with Gasteiger partial charge in [-0.1, -0.05) is 36.6 Å². The Bertz CT molecular complexity index is 1090. The van der Waals surface area contributed by atoms with Gasteiger partial charge in [-0.15, -0.1) is 0 Å². The Morgan fingerprint density at radius 1 is 0.944 bits per heavy atom. The second-order valence-electron chi connectivity index (χ2n) is 9.05. The molecule has 3 amide bonds. The number of fused-ring (bicyclic) bond motifs is 2. The number of rotatable bonds is 3. The van der Waals surface area contributed by atoms with E-state index in [1.54, 1.807) is 28.0 Å². The number of anilines is 1. The number of carbonyl (C=O) groups excluding carboxylic acids is 3. The third-order valence-corrected chi connectivity index (χ3v) is 6.55. The molecule has 0 spiro atoms. The summed E-state index contributed by atoms with van der Waals surface area (Å²) in [5, 5.41) is 3.30. The Balaban J connectivity index is 1.50. The van der Waals surface area contributed by atoms with Gasteiger partial charge < -0.3 is 24.6 Å². The van der Waals surface area contributed by atoms with E-state index in [0.29, 0.717) is 60.6 Å². The number of likely N-dealkylation sites (tertiary alicyclic amines) is 1. The number of amides is 3. The standard InChI is InChI=1S/C27H32ClN3O5/c28-20-11-12-22-21(18-20)29-25(32)19-31(27(34)13-16-30-15-7-10-26(30)33)14-5-1-2-6-17-35-23-8-3-4-9-24(23)36-22/h3-4,8-9,11-12,18H,1-2,5-7,10,13-17,19H2,(H,29,32). The number of halogens is 1. The summed E-state index contributed by atoms with van der Waals surface area (Å²) in [5.74, 6) is 1.20. The van der Waals surface area contributed by atoms with Crippen molar-refractivity contribution in [1.29, 1.82) is 0 Å². The van der Waals surface area contributed by atoms with Crippen LogP contribution in [0.15, 0.2) is 42.5 Å². The summed E-state index contributed by atoms with van der Waals surface area (Å²) < 4.78 is 12.1. The van der Waals surface area contributed by atoms with Crippen LogP contribution >= 0.6 is 11.6 Å². The maximum atomic E-state index is 13.0. The molecular formula is C27H32ClN3O5. The highest BCUT2D eigenvalue weighted by molar-refractivity contribution is 6.31. The third-order valence-electron chi connectivity index (χ3n) is 6.32. The Morgan fingerprint density at radius 2 is 1.75 bits per heavy atom. The van der Waals surface area contributed by atoms with Crippen molar-refractivity contribution in [3.05, 3.63) is 47.5 Å². The van der Waals surface area contributed by atoms with Crippen molar-refractivity contribution in [2.75, 3.05) is 38.1 Å². The maximum absolute atomic E-state index is 13.0. The van der Waals surface area contributed by atoms with Crippen molar-refractivity contribution in [3.8, 4) is 17.2 Å². The van der Waals surface area contributed by atoms with E-state index in [9.17, 15) is 14.4 Å². The van der Waals surface area contributed by atoms with E-state index in [2.05, 4.69) is 5.32 Å². The molecule has 1 N–H and O–H groups in total. The third kappa shape index (κ3) is 7.13. The summed E-state index contributed by atoms with van der Waals surface area (Å²) >= 11 is 6.20. The minimum absolute atomic E-state index is 0.0849. The quantitative estimate of drug-likeness (QED) is 0.633. The SMILES string of the molecule is O=C1CN(C(=O)CCN2CCCC2=O)CCCCCCOc2ccccc2Oc2ccc(Cl)cc2N1. The summed E-state index contributed by atoms with van der Waals surface area (Å²) in [4.78, 5) is 41.3. The first kappa shape index (κ1) is 25.8. The fourth-order valence-electron chi connectivity index (χ4n) is 4.39. The molecule has 1 fully saturated rings. The zero-order chi connectivity index (χ0) is 25.3. The maximum Gasteiger partial charge on any atom is 0.244 e.